The van der Waals surface area contributed by atoms with Crippen LogP contribution in [0.3, 0.4) is 0 Å². The molecule has 25 heavy (non-hydrogen) atoms. The molecular weight excluding hydrogens is 312 g/mol. The van der Waals surface area contributed by atoms with Crippen LogP contribution in [0.1, 0.15) is 69.8 Å². The zero-order valence-electron chi connectivity index (χ0n) is 15.5. The first-order valence-corrected chi connectivity index (χ1v) is 9.96. The summed E-state index contributed by atoms with van der Waals surface area (Å²) in [5.41, 5.74) is 1.17. The van der Waals surface area contributed by atoms with E-state index in [1.54, 1.807) is 7.11 Å². The molecule has 0 atom stereocenters. The highest BCUT2D eigenvalue weighted by atomic mass is 16.5. The van der Waals surface area contributed by atoms with Crippen molar-refractivity contribution in [1.29, 1.82) is 0 Å². The van der Waals surface area contributed by atoms with Crippen molar-refractivity contribution in [3.63, 3.8) is 0 Å². The number of nitrogens with zero attached hydrogens (tertiary/aromatic N) is 1. The lowest BCUT2D eigenvalue weighted by Gasteiger charge is -2.36. The summed E-state index contributed by atoms with van der Waals surface area (Å²) in [6, 6.07) is 8.98. The average molecular weight is 344 g/mol. The monoisotopic (exact) mass is 344 g/mol. The molecule has 0 unspecified atom stereocenters. The molecule has 0 saturated heterocycles. The van der Waals surface area contributed by atoms with Gasteiger partial charge in [-0.25, -0.2) is 4.79 Å². The minimum absolute atomic E-state index is 0.134. The molecule has 0 aliphatic heterocycles. The van der Waals surface area contributed by atoms with Crippen LogP contribution in [0.4, 0.5) is 4.79 Å². The summed E-state index contributed by atoms with van der Waals surface area (Å²) in [5.74, 6) is 0.861. The molecule has 2 fully saturated rings. The predicted octanol–water partition coefficient (Wildman–Crippen LogP) is 4.87. The van der Waals surface area contributed by atoms with Gasteiger partial charge in [-0.1, -0.05) is 50.7 Å². The van der Waals surface area contributed by atoms with Crippen molar-refractivity contribution in [1.82, 2.24) is 10.2 Å². The van der Waals surface area contributed by atoms with E-state index in [1.165, 1.54) is 44.1 Å². The maximum absolute atomic E-state index is 13.0. The number of methoxy groups -OCH3 is 1. The lowest BCUT2D eigenvalue weighted by Crippen LogP contribution is -2.49. The molecule has 0 spiro atoms. The minimum atomic E-state index is 0.134. The second-order valence-electron chi connectivity index (χ2n) is 7.55. The number of benzene rings is 1. The van der Waals surface area contributed by atoms with E-state index in [0.29, 0.717) is 18.6 Å². The molecule has 2 amide bonds. The Balaban J connectivity index is 1.67. The minimum Gasteiger partial charge on any atom is -0.497 e. The summed E-state index contributed by atoms with van der Waals surface area (Å²) < 4.78 is 5.25. The van der Waals surface area contributed by atoms with E-state index in [-0.39, 0.29) is 6.03 Å². The maximum Gasteiger partial charge on any atom is 0.318 e. The Labute approximate surface area is 151 Å². The van der Waals surface area contributed by atoms with Crippen LogP contribution >= 0.6 is 0 Å². The van der Waals surface area contributed by atoms with Gasteiger partial charge in [0.05, 0.1) is 7.11 Å². The lowest BCUT2D eigenvalue weighted by atomic mass is 9.93. The average Bonchev–Trinajstić information content (AvgIpc) is 2.68. The smallest absolute Gasteiger partial charge is 0.318 e. The van der Waals surface area contributed by atoms with Gasteiger partial charge in [-0.05, 0) is 43.4 Å². The quantitative estimate of drug-likeness (QED) is 0.828. The van der Waals surface area contributed by atoms with Crippen molar-refractivity contribution in [2.45, 2.75) is 82.8 Å². The highest BCUT2D eigenvalue weighted by Gasteiger charge is 2.27. The zero-order chi connectivity index (χ0) is 17.5. The Hall–Kier alpha value is -1.71. The maximum atomic E-state index is 13.0. The number of carbonyl (C=O) groups is 1. The van der Waals surface area contributed by atoms with Gasteiger partial charge in [-0.2, -0.15) is 0 Å². The largest absolute Gasteiger partial charge is 0.497 e. The van der Waals surface area contributed by atoms with Gasteiger partial charge in [0.1, 0.15) is 5.75 Å². The Bertz CT molecular complexity index is 531. The second kappa shape index (κ2) is 9.12. The Kier molecular flexibility index (Phi) is 6.60. The first kappa shape index (κ1) is 18.1. The Morgan fingerprint density at radius 3 is 2.20 bits per heavy atom. The predicted molar refractivity (Wildman–Crippen MR) is 101 cm³/mol. The zero-order valence-corrected chi connectivity index (χ0v) is 15.5. The molecule has 0 radical (unpaired) electrons. The van der Waals surface area contributed by atoms with Gasteiger partial charge in [0, 0.05) is 18.6 Å². The Morgan fingerprint density at radius 1 is 1.00 bits per heavy atom. The fourth-order valence-electron chi connectivity index (χ4n) is 4.19. The van der Waals surface area contributed by atoms with Crippen LogP contribution in [0.15, 0.2) is 24.3 Å². The van der Waals surface area contributed by atoms with Crippen LogP contribution in [0, 0.1) is 0 Å². The molecule has 2 saturated carbocycles. The summed E-state index contributed by atoms with van der Waals surface area (Å²) in [6.45, 7) is 0.688. The number of carbonyl (C=O) groups excluding carboxylic acids is 1. The van der Waals surface area contributed by atoms with Crippen LogP contribution in [0.25, 0.3) is 0 Å². The van der Waals surface area contributed by atoms with Gasteiger partial charge < -0.3 is 15.0 Å². The van der Waals surface area contributed by atoms with E-state index < -0.39 is 0 Å². The van der Waals surface area contributed by atoms with Crippen LogP contribution in [-0.4, -0.2) is 30.1 Å². The number of hydrogen-bond acceptors (Lipinski definition) is 2. The molecule has 1 aromatic rings. The standard InChI is InChI=1S/C21H32N2O2/c1-25-20-14-12-17(13-15-20)16-23(19-10-6-3-7-11-19)21(24)22-18-8-4-2-5-9-18/h12-15,18-19H,2-11,16H2,1H3,(H,22,24). The van der Waals surface area contributed by atoms with Crippen LogP contribution < -0.4 is 10.1 Å². The molecule has 2 aliphatic carbocycles. The first-order chi connectivity index (χ1) is 12.3. The molecule has 1 aromatic carbocycles. The molecule has 138 valence electrons. The second-order valence-corrected chi connectivity index (χ2v) is 7.55. The fraction of sp³-hybridized carbons (Fsp3) is 0.667. The third-order valence-corrected chi connectivity index (χ3v) is 5.72. The molecule has 2 aliphatic rings. The van der Waals surface area contributed by atoms with Crippen LogP contribution in [0.2, 0.25) is 0 Å². The highest BCUT2D eigenvalue weighted by molar-refractivity contribution is 5.75. The van der Waals surface area contributed by atoms with E-state index >= 15 is 0 Å². The van der Waals surface area contributed by atoms with Gasteiger partial charge in [-0.15, -0.1) is 0 Å². The molecule has 1 N–H and O–H groups in total. The van der Waals surface area contributed by atoms with Crippen molar-refractivity contribution in [2.24, 2.45) is 0 Å². The number of hydrogen-bond donors (Lipinski definition) is 1. The normalized spacial score (nSPS) is 19.4. The lowest BCUT2D eigenvalue weighted by molar-refractivity contribution is 0.145. The molecule has 0 bridgehead atoms. The van der Waals surface area contributed by atoms with E-state index in [4.69, 9.17) is 4.74 Å². The van der Waals surface area contributed by atoms with E-state index in [0.717, 1.165) is 31.4 Å². The van der Waals surface area contributed by atoms with Gasteiger partial charge in [0.15, 0.2) is 0 Å². The van der Waals surface area contributed by atoms with Crippen molar-refractivity contribution in [3.8, 4) is 5.75 Å². The molecule has 0 aromatic heterocycles. The first-order valence-electron chi connectivity index (χ1n) is 9.96. The molecular formula is C21H32N2O2. The fourth-order valence-corrected chi connectivity index (χ4v) is 4.19. The van der Waals surface area contributed by atoms with Crippen molar-refractivity contribution in [2.75, 3.05) is 7.11 Å². The summed E-state index contributed by atoms with van der Waals surface area (Å²) >= 11 is 0. The third-order valence-electron chi connectivity index (χ3n) is 5.72. The van der Waals surface area contributed by atoms with Crippen molar-refractivity contribution < 1.29 is 9.53 Å². The number of rotatable bonds is 5. The van der Waals surface area contributed by atoms with Crippen LogP contribution in [-0.2, 0) is 6.54 Å². The van der Waals surface area contributed by atoms with Gasteiger partial charge >= 0.3 is 6.03 Å². The van der Waals surface area contributed by atoms with Gasteiger partial charge in [0.25, 0.3) is 0 Å². The molecule has 3 rings (SSSR count). The van der Waals surface area contributed by atoms with Crippen LogP contribution in [0.5, 0.6) is 5.75 Å². The highest BCUT2D eigenvalue weighted by Crippen LogP contribution is 2.25. The number of amides is 2. The topological polar surface area (TPSA) is 41.6 Å². The van der Waals surface area contributed by atoms with E-state index in [9.17, 15) is 4.79 Å². The van der Waals surface area contributed by atoms with Gasteiger partial charge in [-0.3, -0.25) is 0 Å². The number of nitrogens with one attached hydrogen (secondary N) is 1. The SMILES string of the molecule is COc1ccc(CN(C(=O)NC2CCCCC2)C2CCCCC2)cc1. The molecule has 0 heterocycles. The van der Waals surface area contributed by atoms with E-state index in [2.05, 4.69) is 22.3 Å². The summed E-state index contributed by atoms with van der Waals surface area (Å²) in [5, 5.41) is 3.32. The van der Waals surface area contributed by atoms with Gasteiger partial charge in [0.2, 0.25) is 0 Å². The summed E-state index contributed by atoms with van der Waals surface area (Å²) in [4.78, 5) is 15.1. The van der Waals surface area contributed by atoms with Crippen molar-refractivity contribution in [3.05, 3.63) is 29.8 Å². The summed E-state index contributed by atoms with van der Waals surface area (Å²) in [7, 11) is 1.68. The molecule has 4 nitrogen and oxygen atoms in total. The van der Waals surface area contributed by atoms with E-state index in [1.807, 2.05) is 12.1 Å². The molecule has 4 heteroatoms. The van der Waals surface area contributed by atoms with Crippen molar-refractivity contribution >= 4 is 6.03 Å². The Morgan fingerprint density at radius 2 is 1.60 bits per heavy atom. The third kappa shape index (κ3) is 5.13. The summed E-state index contributed by atoms with van der Waals surface area (Å²) in [6.07, 6.45) is 12.1. The number of urea groups is 1. The number of ether oxygens (including phenoxy) is 1.